The number of halogens is 3. The van der Waals surface area contributed by atoms with Crippen molar-refractivity contribution in [1.82, 2.24) is 9.21 Å². The maximum atomic E-state index is 13.6. The van der Waals surface area contributed by atoms with Gasteiger partial charge in [0, 0.05) is 44.9 Å². The third kappa shape index (κ3) is 7.04. The molecule has 0 amide bonds. The highest BCUT2D eigenvalue weighted by atomic mass is 32.3. The van der Waals surface area contributed by atoms with Crippen LogP contribution in [0, 0.1) is 17.5 Å². The Bertz CT molecular complexity index is 1180. The van der Waals surface area contributed by atoms with Gasteiger partial charge in [0.05, 0.1) is 11.9 Å². The van der Waals surface area contributed by atoms with E-state index in [0.29, 0.717) is 57.4 Å². The van der Waals surface area contributed by atoms with E-state index in [4.69, 9.17) is 4.74 Å². The molecule has 2 aliphatic rings. The summed E-state index contributed by atoms with van der Waals surface area (Å²) in [6.07, 6.45) is 4.66. The van der Waals surface area contributed by atoms with Crippen LogP contribution in [0.2, 0.25) is 0 Å². The quantitative estimate of drug-likeness (QED) is 0.151. The Morgan fingerprint density at radius 2 is 1.76 bits per heavy atom. The van der Waals surface area contributed by atoms with Gasteiger partial charge in [-0.1, -0.05) is 6.07 Å². The largest absolute Gasteiger partial charge is 0.484 e. The molecule has 0 radical (unpaired) electrons. The molecule has 0 bridgehead atoms. The molecule has 1 heterocycles. The molecule has 1 unspecified atom stereocenters. The molecule has 0 saturated carbocycles. The van der Waals surface area contributed by atoms with Crippen molar-refractivity contribution in [3.05, 3.63) is 76.4 Å². The van der Waals surface area contributed by atoms with E-state index in [0.717, 1.165) is 29.3 Å². The van der Waals surface area contributed by atoms with Crippen molar-refractivity contribution in [2.45, 2.75) is 25.4 Å². The summed E-state index contributed by atoms with van der Waals surface area (Å²) in [4.78, 5) is 14.0. The highest BCUT2D eigenvalue weighted by Crippen LogP contribution is 2.39. The minimum Gasteiger partial charge on any atom is -0.484 e. The summed E-state index contributed by atoms with van der Waals surface area (Å²) < 4.78 is 68.3. The van der Waals surface area contributed by atoms with Gasteiger partial charge in [0.25, 0.3) is 0 Å². The summed E-state index contributed by atoms with van der Waals surface area (Å²) >= 11 is 0. The second-order valence-electron chi connectivity index (χ2n) is 9.00. The Balaban J connectivity index is 1.56. The molecule has 2 aromatic carbocycles. The van der Waals surface area contributed by atoms with E-state index in [2.05, 4.69) is 10.5 Å². The summed E-state index contributed by atoms with van der Waals surface area (Å²) in [5, 5.41) is 4.08. The molecule has 3 N–H and O–H groups in total. The number of anilines is 1. The van der Waals surface area contributed by atoms with Gasteiger partial charge >= 0.3 is 0 Å². The van der Waals surface area contributed by atoms with Crippen LogP contribution < -0.4 is 5.43 Å². The van der Waals surface area contributed by atoms with Gasteiger partial charge in [-0.15, -0.1) is 10.8 Å². The second kappa shape index (κ2) is 11.5. The van der Waals surface area contributed by atoms with E-state index < -0.39 is 22.4 Å². The summed E-state index contributed by atoms with van der Waals surface area (Å²) in [7, 11) is -2.87. The molecular formula is C25H29F3N4O4S. The molecule has 37 heavy (non-hydrogen) atoms. The number of hydrogen-bond donors (Lipinski definition) is 3. The van der Waals surface area contributed by atoms with E-state index in [1.54, 1.807) is 10.4 Å². The molecule has 1 aliphatic heterocycles. The Morgan fingerprint density at radius 3 is 2.41 bits per heavy atom. The lowest BCUT2D eigenvalue weighted by Gasteiger charge is -2.45. The smallest absolute Gasteiger partial charge is 0.186 e. The van der Waals surface area contributed by atoms with Gasteiger partial charge in [-0.2, -0.15) is 5.10 Å². The number of carbonyl (C=O) groups excluding carboxylic acids is 1. The second-order valence-corrected chi connectivity index (χ2v) is 11.1. The topological polar surface area (TPSA) is 97.6 Å². The van der Waals surface area contributed by atoms with Crippen LogP contribution in [0.3, 0.4) is 0 Å². The maximum absolute atomic E-state index is 13.6. The Morgan fingerprint density at radius 1 is 1.05 bits per heavy atom. The monoisotopic (exact) mass is 538 g/mol. The highest BCUT2D eigenvalue weighted by Gasteiger charge is 2.28. The van der Waals surface area contributed by atoms with Crippen molar-refractivity contribution in [1.29, 1.82) is 0 Å². The van der Waals surface area contributed by atoms with E-state index in [1.165, 1.54) is 24.6 Å². The molecule has 1 atom stereocenters. The molecule has 1 saturated heterocycles. The minimum absolute atomic E-state index is 0.0306. The molecule has 200 valence electrons. The average Bonchev–Trinajstić information content (AvgIpc) is 2.84. The van der Waals surface area contributed by atoms with Gasteiger partial charge in [0.15, 0.2) is 12.0 Å². The number of hydrogen-bond acceptors (Lipinski definition) is 8. The molecule has 1 fully saturated rings. The lowest BCUT2D eigenvalue weighted by Crippen LogP contribution is -2.47. The summed E-state index contributed by atoms with van der Waals surface area (Å²) in [5.41, 5.74) is 4.86. The van der Waals surface area contributed by atoms with Crippen molar-refractivity contribution < 1.29 is 31.8 Å². The van der Waals surface area contributed by atoms with Crippen molar-refractivity contribution >= 4 is 29.0 Å². The van der Waals surface area contributed by atoms with Crippen LogP contribution in [-0.2, 0) is 22.4 Å². The predicted octanol–water partition coefficient (Wildman–Crippen LogP) is 4.40. The summed E-state index contributed by atoms with van der Waals surface area (Å²) in [5.74, 6) is -1.79. The number of carbonyl (C=O) groups is 1. The zero-order chi connectivity index (χ0) is 26.6. The first-order valence-electron chi connectivity index (χ1n) is 11.7. The predicted molar refractivity (Wildman–Crippen MR) is 137 cm³/mol. The molecule has 1 aliphatic carbocycles. The fourth-order valence-corrected chi connectivity index (χ4v) is 5.34. The van der Waals surface area contributed by atoms with E-state index in [-0.39, 0.29) is 23.4 Å². The van der Waals surface area contributed by atoms with Crippen LogP contribution >= 0.6 is 10.8 Å². The van der Waals surface area contributed by atoms with Crippen LogP contribution in [0.5, 0.6) is 0 Å². The average molecular weight is 539 g/mol. The molecule has 4 rings (SSSR count). The highest BCUT2D eigenvalue weighted by molar-refractivity contribution is 8.21. The van der Waals surface area contributed by atoms with Gasteiger partial charge in [0.2, 0.25) is 0 Å². The van der Waals surface area contributed by atoms with E-state index >= 15 is 0 Å². The van der Waals surface area contributed by atoms with Crippen LogP contribution in [0.15, 0.2) is 53.0 Å². The van der Waals surface area contributed by atoms with Gasteiger partial charge in [-0.3, -0.25) is 19.3 Å². The Kier molecular flexibility index (Phi) is 8.42. The maximum Gasteiger partial charge on any atom is 0.186 e. The number of piperazine rings is 1. The van der Waals surface area contributed by atoms with Crippen LogP contribution in [0.4, 0.5) is 18.9 Å². The molecular weight excluding hydrogens is 509 g/mol. The molecule has 8 nitrogen and oxygen atoms in total. The third-order valence-electron chi connectivity index (χ3n) is 6.32. The number of nitrogens with one attached hydrogen (secondary N) is 1. The number of aryl methyl sites for hydroxylation is 1. The zero-order valence-electron chi connectivity index (χ0n) is 20.2. The number of fused-ring (bicyclic) bond motifs is 1. The third-order valence-corrected chi connectivity index (χ3v) is 7.66. The van der Waals surface area contributed by atoms with Crippen LogP contribution in [0.1, 0.15) is 17.5 Å². The van der Waals surface area contributed by atoms with Crippen molar-refractivity contribution in [3.63, 3.8) is 0 Å². The van der Waals surface area contributed by atoms with Gasteiger partial charge in [-0.05, 0) is 48.2 Å². The lowest BCUT2D eigenvalue weighted by atomic mass is 9.89. The molecule has 12 heteroatoms. The number of benzene rings is 2. The number of rotatable bonds is 8. The van der Waals surface area contributed by atoms with Gasteiger partial charge < -0.3 is 9.64 Å². The Labute approximate surface area is 214 Å². The number of ether oxygens (including phenoxy) is 1. The first-order chi connectivity index (χ1) is 17.6. The summed E-state index contributed by atoms with van der Waals surface area (Å²) in [6.45, 7) is 1.36. The normalized spacial score (nSPS) is 19.8. The first-order valence-corrected chi connectivity index (χ1v) is 13.7. The standard InChI is InChI=1S/C25H29F3N4O4S/c1-37(34,35)32-8-6-31(7-9-32)24(15-29-30-22-13-20(27)12-21(28)14-22)25(16-33)36-23-5-3-17-10-19(26)4-2-18(17)11-23/h2,4,10,12-16,23,30,34-35H,3,5-9,11H2,1H3/b25-24-,29-15-. The molecule has 0 aromatic heterocycles. The number of nitrogens with zero attached hydrogens (tertiary/aromatic N) is 3. The van der Waals surface area contributed by atoms with Crippen molar-refractivity contribution in [2.75, 3.05) is 37.9 Å². The first kappa shape index (κ1) is 27.0. The number of aldehydes is 1. The van der Waals surface area contributed by atoms with Crippen molar-refractivity contribution in [2.24, 2.45) is 5.10 Å². The van der Waals surface area contributed by atoms with Crippen molar-refractivity contribution in [3.8, 4) is 0 Å². The van der Waals surface area contributed by atoms with Gasteiger partial charge in [-0.25, -0.2) is 17.5 Å². The van der Waals surface area contributed by atoms with E-state index in [1.807, 2.05) is 4.90 Å². The van der Waals surface area contributed by atoms with E-state index in [9.17, 15) is 27.1 Å². The summed E-state index contributed by atoms with van der Waals surface area (Å²) in [6, 6.07) is 7.53. The fourth-order valence-electron chi connectivity index (χ4n) is 4.48. The molecule has 2 aromatic rings. The lowest BCUT2D eigenvalue weighted by molar-refractivity contribution is -0.109. The van der Waals surface area contributed by atoms with Crippen LogP contribution in [0.25, 0.3) is 0 Å². The van der Waals surface area contributed by atoms with Crippen LogP contribution in [-0.4, -0.2) is 69.4 Å². The zero-order valence-corrected chi connectivity index (χ0v) is 21.1. The van der Waals surface area contributed by atoms with Gasteiger partial charge in [0.1, 0.15) is 29.3 Å². The molecule has 0 spiro atoms. The SMILES string of the molecule is CS(O)(O)N1CCN(C(/C=N\Nc2cc(F)cc(F)c2)=C(/C=O)OC2CCc3cc(F)ccc3C2)CC1. The Hall–Kier alpha value is -3.06. The minimum atomic E-state index is -2.87. The number of hydrazone groups is 1. The number of allylic oxidation sites excluding steroid dienone is 2. The fraction of sp³-hybridized carbons (Fsp3) is 0.360.